The Kier molecular flexibility index (Phi) is 8.58. The van der Waals surface area contributed by atoms with Gasteiger partial charge in [-0.15, -0.1) is 6.58 Å². The Hall–Kier alpha value is -4.00. The molecule has 202 valence electrons. The minimum Gasteiger partial charge on any atom is -0.490 e. The van der Waals surface area contributed by atoms with E-state index in [0.717, 1.165) is 44.8 Å². The van der Waals surface area contributed by atoms with E-state index in [0.29, 0.717) is 41.1 Å². The minimum absolute atomic E-state index is 0.187. The lowest BCUT2D eigenvalue weighted by molar-refractivity contribution is -0.123. The van der Waals surface area contributed by atoms with Gasteiger partial charge in [-0.05, 0) is 82.9 Å². The molecule has 5 rings (SSSR count). The number of imide groups is 1. The van der Waals surface area contributed by atoms with Crippen molar-refractivity contribution >= 4 is 51.4 Å². The third-order valence-corrected chi connectivity index (χ3v) is 7.65. The zero-order chi connectivity index (χ0) is 28.1. The van der Waals surface area contributed by atoms with Crippen molar-refractivity contribution in [1.29, 1.82) is 0 Å². The van der Waals surface area contributed by atoms with Crippen molar-refractivity contribution in [3.8, 4) is 11.5 Å². The van der Waals surface area contributed by atoms with Crippen LogP contribution in [0.5, 0.6) is 11.5 Å². The summed E-state index contributed by atoms with van der Waals surface area (Å²) in [5.41, 5.74) is 3.53. The summed E-state index contributed by atoms with van der Waals surface area (Å²) in [6.07, 6.45) is 4.08. The molecule has 0 N–H and O–H groups in total. The summed E-state index contributed by atoms with van der Waals surface area (Å²) in [6, 6.07) is 25.3. The molecule has 1 heterocycles. The van der Waals surface area contributed by atoms with Gasteiger partial charge in [-0.25, -0.2) is 0 Å². The zero-order valence-corrected chi connectivity index (χ0v) is 23.6. The number of carbonyl (C=O) groups excluding carboxylic acids is 2. The first kappa shape index (κ1) is 27.6. The second-order valence-corrected chi connectivity index (χ2v) is 10.7. The number of amides is 2. The Morgan fingerprint density at radius 2 is 1.73 bits per heavy atom. The van der Waals surface area contributed by atoms with Gasteiger partial charge < -0.3 is 9.47 Å². The fourth-order valence-electron chi connectivity index (χ4n) is 4.63. The largest absolute Gasteiger partial charge is 0.490 e. The molecular formula is C33H28ClNO4S. The molecule has 0 spiro atoms. The van der Waals surface area contributed by atoms with E-state index in [4.69, 9.17) is 21.1 Å². The van der Waals surface area contributed by atoms with Crippen LogP contribution in [-0.4, -0.2) is 22.7 Å². The Labute approximate surface area is 243 Å². The predicted octanol–water partition coefficient (Wildman–Crippen LogP) is 8.44. The van der Waals surface area contributed by atoms with Crippen LogP contribution in [0.25, 0.3) is 16.8 Å². The number of fused-ring (bicyclic) bond motifs is 1. The molecule has 1 aliphatic heterocycles. The van der Waals surface area contributed by atoms with Gasteiger partial charge in [0.2, 0.25) is 0 Å². The van der Waals surface area contributed by atoms with Gasteiger partial charge in [0.25, 0.3) is 11.1 Å². The Balaban J connectivity index is 1.43. The maximum Gasteiger partial charge on any atom is 0.293 e. The van der Waals surface area contributed by atoms with Crippen molar-refractivity contribution in [3.63, 3.8) is 0 Å². The van der Waals surface area contributed by atoms with Crippen molar-refractivity contribution in [3.05, 3.63) is 124 Å². The van der Waals surface area contributed by atoms with Gasteiger partial charge in [-0.3, -0.25) is 14.5 Å². The first-order valence-corrected chi connectivity index (χ1v) is 14.2. The molecule has 1 fully saturated rings. The number of nitrogens with zero attached hydrogens (tertiary/aromatic N) is 1. The van der Waals surface area contributed by atoms with Gasteiger partial charge in [-0.1, -0.05) is 72.3 Å². The van der Waals surface area contributed by atoms with Gasteiger partial charge in [-0.2, -0.15) is 0 Å². The van der Waals surface area contributed by atoms with E-state index in [1.54, 1.807) is 24.3 Å². The molecule has 1 aliphatic rings. The van der Waals surface area contributed by atoms with E-state index in [2.05, 4.69) is 30.8 Å². The van der Waals surface area contributed by atoms with Gasteiger partial charge >= 0.3 is 0 Å². The number of carbonyl (C=O) groups is 2. The molecule has 0 saturated carbocycles. The molecule has 5 nitrogen and oxygen atoms in total. The van der Waals surface area contributed by atoms with E-state index in [1.165, 1.54) is 4.90 Å². The average Bonchev–Trinajstić information content (AvgIpc) is 3.21. The summed E-state index contributed by atoms with van der Waals surface area (Å²) in [7, 11) is 0. The SMILES string of the molecule is C=CCc1cc(/C=C2/SC(=O)N(Cc3ccc(Cl)cc3)C2=O)cc(OCC)c1OCc1cccc2ccccc12. The summed E-state index contributed by atoms with van der Waals surface area (Å²) < 4.78 is 12.4. The number of halogens is 1. The molecule has 4 aromatic carbocycles. The zero-order valence-electron chi connectivity index (χ0n) is 22.1. The fraction of sp³-hybridized carbons (Fsp3) is 0.152. The molecule has 0 aliphatic carbocycles. The molecule has 4 aromatic rings. The predicted molar refractivity (Wildman–Crippen MR) is 163 cm³/mol. The van der Waals surface area contributed by atoms with E-state index in [1.807, 2.05) is 49.4 Å². The quantitative estimate of drug-likeness (QED) is 0.142. The second kappa shape index (κ2) is 12.5. The first-order chi connectivity index (χ1) is 19.5. The van der Waals surface area contributed by atoms with Crippen molar-refractivity contribution < 1.29 is 19.1 Å². The van der Waals surface area contributed by atoms with E-state index < -0.39 is 0 Å². The molecule has 1 saturated heterocycles. The van der Waals surface area contributed by atoms with E-state index in [-0.39, 0.29) is 17.7 Å². The van der Waals surface area contributed by atoms with Crippen molar-refractivity contribution in [1.82, 2.24) is 4.90 Å². The summed E-state index contributed by atoms with van der Waals surface area (Å²) >= 11 is 6.90. The van der Waals surface area contributed by atoms with Crippen LogP contribution in [-0.2, 0) is 24.4 Å². The van der Waals surface area contributed by atoms with Gasteiger partial charge in [0.15, 0.2) is 11.5 Å². The van der Waals surface area contributed by atoms with Crippen LogP contribution in [0.3, 0.4) is 0 Å². The monoisotopic (exact) mass is 569 g/mol. The van der Waals surface area contributed by atoms with Gasteiger partial charge in [0, 0.05) is 10.6 Å². The molecule has 0 unspecified atom stereocenters. The third-order valence-electron chi connectivity index (χ3n) is 6.50. The molecule has 40 heavy (non-hydrogen) atoms. The number of rotatable bonds is 10. The number of hydrogen-bond acceptors (Lipinski definition) is 5. The van der Waals surface area contributed by atoms with Crippen molar-refractivity contribution in [2.24, 2.45) is 0 Å². The topological polar surface area (TPSA) is 55.8 Å². The van der Waals surface area contributed by atoms with Crippen molar-refractivity contribution in [2.75, 3.05) is 6.61 Å². The third kappa shape index (κ3) is 6.09. The van der Waals surface area contributed by atoms with Crippen molar-refractivity contribution in [2.45, 2.75) is 26.5 Å². The molecule has 7 heteroatoms. The highest BCUT2D eigenvalue weighted by molar-refractivity contribution is 8.18. The highest BCUT2D eigenvalue weighted by atomic mass is 35.5. The van der Waals surface area contributed by atoms with Crippen LogP contribution < -0.4 is 9.47 Å². The number of allylic oxidation sites excluding steroid dienone is 1. The Morgan fingerprint density at radius 1 is 0.950 bits per heavy atom. The number of benzene rings is 4. The fourth-order valence-corrected chi connectivity index (χ4v) is 5.59. The highest BCUT2D eigenvalue weighted by Gasteiger charge is 2.35. The highest BCUT2D eigenvalue weighted by Crippen LogP contribution is 2.38. The van der Waals surface area contributed by atoms with Crippen LogP contribution in [0.2, 0.25) is 5.02 Å². The second-order valence-electron chi connectivity index (χ2n) is 9.25. The first-order valence-electron chi connectivity index (χ1n) is 13.0. The van der Waals surface area contributed by atoms with Crippen LogP contribution in [0.15, 0.2) is 96.4 Å². The lowest BCUT2D eigenvalue weighted by Gasteiger charge is -2.17. The number of thioether (sulfide) groups is 1. The maximum atomic E-state index is 13.2. The molecule has 0 aromatic heterocycles. The van der Waals surface area contributed by atoms with Gasteiger partial charge in [0.1, 0.15) is 6.61 Å². The summed E-state index contributed by atoms with van der Waals surface area (Å²) in [6.45, 7) is 6.83. The Morgan fingerprint density at radius 3 is 2.50 bits per heavy atom. The summed E-state index contributed by atoms with van der Waals surface area (Å²) in [5, 5.41) is 2.58. The van der Waals surface area contributed by atoms with Crippen LogP contribution in [0.1, 0.15) is 29.2 Å². The molecule has 0 atom stereocenters. The van der Waals surface area contributed by atoms with Crippen LogP contribution in [0, 0.1) is 0 Å². The van der Waals surface area contributed by atoms with Gasteiger partial charge in [0.05, 0.1) is 18.1 Å². The molecule has 2 amide bonds. The van der Waals surface area contributed by atoms with Crippen LogP contribution >= 0.6 is 23.4 Å². The summed E-state index contributed by atoms with van der Waals surface area (Å²) in [5.74, 6) is 0.890. The Bertz CT molecular complexity index is 1610. The van der Waals surface area contributed by atoms with E-state index >= 15 is 0 Å². The smallest absolute Gasteiger partial charge is 0.293 e. The average molecular weight is 570 g/mol. The lowest BCUT2D eigenvalue weighted by atomic mass is 10.0. The standard InChI is InChI=1S/C33H28ClNO4S/c1-3-8-25-17-23(19-30-32(36)35(33(37)40-30)20-22-13-15-27(34)16-14-22)18-29(38-4-2)31(25)39-21-26-11-7-10-24-9-5-6-12-28(24)26/h3,5-7,9-19H,1,4,8,20-21H2,2H3/b30-19+. The van der Waals surface area contributed by atoms with E-state index in [9.17, 15) is 9.59 Å². The molecular weight excluding hydrogens is 542 g/mol. The normalized spacial score (nSPS) is 14.2. The molecule has 0 bridgehead atoms. The minimum atomic E-state index is -0.329. The summed E-state index contributed by atoms with van der Waals surface area (Å²) in [4.78, 5) is 27.5. The number of ether oxygens (including phenoxy) is 2. The van der Waals surface area contributed by atoms with Crippen LogP contribution in [0.4, 0.5) is 4.79 Å². The number of hydrogen-bond donors (Lipinski definition) is 0. The molecule has 0 radical (unpaired) electrons. The maximum absolute atomic E-state index is 13.2. The lowest BCUT2D eigenvalue weighted by Crippen LogP contribution is -2.27.